The van der Waals surface area contributed by atoms with E-state index in [2.05, 4.69) is 0 Å². The first kappa shape index (κ1) is 14.8. The number of ketones is 1. The zero-order valence-electron chi connectivity index (χ0n) is 12.0. The van der Waals surface area contributed by atoms with E-state index in [-0.39, 0.29) is 19.0 Å². The van der Waals surface area contributed by atoms with Gasteiger partial charge in [-0.25, -0.2) is 0 Å². The monoisotopic (exact) mass is 280 g/mol. The number of methoxy groups -OCH3 is 1. The number of hydrogen-bond donors (Lipinski definition) is 1. The molecule has 1 heterocycles. The van der Waals surface area contributed by atoms with Crippen LogP contribution in [0.15, 0.2) is 18.2 Å². The summed E-state index contributed by atoms with van der Waals surface area (Å²) in [4.78, 5) is 12.0. The Labute approximate surface area is 118 Å². The number of fused-ring (bicyclic) bond motifs is 1. The van der Waals surface area contributed by atoms with Crippen molar-refractivity contribution in [3.63, 3.8) is 0 Å². The number of rotatable bonds is 5. The summed E-state index contributed by atoms with van der Waals surface area (Å²) in [5, 5.41) is 9.54. The number of carbonyl (C=O) groups excluding carboxylic acids is 1. The Hall–Kier alpha value is -1.59. The molecule has 0 saturated carbocycles. The van der Waals surface area contributed by atoms with Crippen molar-refractivity contribution < 1.29 is 24.1 Å². The molecule has 1 aliphatic heterocycles. The van der Waals surface area contributed by atoms with Crippen molar-refractivity contribution in [3.05, 3.63) is 23.8 Å². The first-order chi connectivity index (χ1) is 9.41. The average molecular weight is 280 g/mol. The standard InChI is InChI=1S/C15H20O5/c1-15(2)7-13(17)12-5-4-11(6-14(12)20-15)19-9-10(16)8-18-3/h4-6,10,16H,7-9H2,1-3H3. The number of benzene rings is 1. The van der Waals surface area contributed by atoms with Crippen LogP contribution >= 0.6 is 0 Å². The lowest BCUT2D eigenvalue weighted by molar-refractivity contribution is 0.0321. The van der Waals surface area contributed by atoms with Gasteiger partial charge in [0.1, 0.15) is 29.8 Å². The highest BCUT2D eigenvalue weighted by Crippen LogP contribution is 2.35. The maximum absolute atomic E-state index is 12.0. The molecule has 1 aromatic rings. The average Bonchev–Trinajstić information content (AvgIpc) is 2.34. The van der Waals surface area contributed by atoms with Gasteiger partial charge < -0.3 is 19.3 Å². The molecular weight excluding hydrogens is 260 g/mol. The van der Waals surface area contributed by atoms with Gasteiger partial charge in [-0.2, -0.15) is 0 Å². The van der Waals surface area contributed by atoms with Crippen molar-refractivity contribution >= 4 is 5.78 Å². The van der Waals surface area contributed by atoms with E-state index in [4.69, 9.17) is 14.2 Å². The molecule has 0 aliphatic carbocycles. The summed E-state index contributed by atoms with van der Waals surface area (Å²) in [6.07, 6.45) is -0.317. The molecule has 0 amide bonds. The third-order valence-corrected chi connectivity index (χ3v) is 3.03. The number of ether oxygens (including phenoxy) is 3. The van der Waals surface area contributed by atoms with Crippen LogP contribution < -0.4 is 9.47 Å². The minimum absolute atomic E-state index is 0.0715. The molecule has 0 fully saturated rings. The van der Waals surface area contributed by atoms with E-state index in [0.717, 1.165) is 0 Å². The van der Waals surface area contributed by atoms with Crippen molar-refractivity contribution in [3.8, 4) is 11.5 Å². The molecular formula is C15H20O5. The van der Waals surface area contributed by atoms with Crippen LogP contribution in [0, 0.1) is 0 Å². The van der Waals surface area contributed by atoms with E-state index < -0.39 is 11.7 Å². The molecule has 0 aromatic heterocycles. The van der Waals surface area contributed by atoms with Gasteiger partial charge >= 0.3 is 0 Å². The second-order valence-electron chi connectivity index (χ2n) is 5.54. The van der Waals surface area contributed by atoms with E-state index in [0.29, 0.717) is 23.5 Å². The fourth-order valence-corrected chi connectivity index (χ4v) is 2.16. The van der Waals surface area contributed by atoms with E-state index in [1.54, 1.807) is 18.2 Å². The molecule has 0 saturated heterocycles. The fourth-order valence-electron chi connectivity index (χ4n) is 2.16. The zero-order valence-corrected chi connectivity index (χ0v) is 12.0. The van der Waals surface area contributed by atoms with E-state index >= 15 is 0 Å². The third-order valence-electron chi connectivity index (χ3n) is 3.03. The predicted octanol–water partition coefficient (Wildman–Crippen LogP) is 1.82. The number of Topliss-reactive ketones (excluding diaryl/α,β-unsaturated/α-hetero) is 1. The Morgan fingerprint density at radius 1 is 1.40 bits per heavy atom. The quantitative estimate of drug-likeness (QED) is 0.891. The summed E-state index contributed by atoms with van der Waals surface area (Å²) >= 11 is 0. The van der Waals surface area contributed by atoms with Gasteiger partial charge in [-0.3, -0.25) is 4.79 Å². The van der Waals surface area contributed by atoms with Crippen LogP contribution in [0.2, 0.25) is 0 Å². The van der Waals surface area contributed by atoms with Crippen molar-refractivity contribution in [1.82, 2.24) is 0 Å². The van der Waals surface area contributed by atoms with Gasteiger partial charge in [0, 0.05) is 13.2 Å². The topological polar surface area (TPSA) is 65.0 Å². The number of aliphatic hydroxyl groups is 1. The van der Waals surface area contributed by atoms with Crippen LogP contribution in [-0.2, 0) is 4.74 Å². The van der Waals surface area contributed by atoms with Crippen LogP contribution in [0.1, 0.15) is 30.6 Å². The van der Waals surface area contributed by atoms with Gasteiger partial charge in [-0.1, -0.05) is 0 Å². The first-order valence-corrected chi connectivity index (χ1v) is 6.57. The molecule has 1 N–H and O–H groups in total. The van der Waals surface area contributed by atoms with Crippen LogP contribution in [0.5, 0.6) is 11.5 Å². The number of hydrogen-bond acceptors (Lipinski definition) is 5. The second-order valence-corrected chi connectivity index (χ2v) is 5.54. The van der Waals surface area contributed by atoms with Gasteiger partial charge in [0.05, 0.1) is 18.6 Å². The largest absolute Gasteiger partial charge is 0.491 e. The molecule has 0 spiro atoms. The molecule has 2 rings (SSSR count). The van der Waals surface area contributed by atoms with Gasteiger partial charge in [-0.15, -0.1) is 0 Å². The second kappa shape index (κ2) is 5.81. The van der Waals surface area contributed by atoms with Crippen LogP contribution in [-0.4, -0.2) is 42.9 Å². The van der Waals surface area contributed by atoms with Gasteiger partial charge in [0.15, 0.2) is 5.78 Å². The van der Waals surface area contributed by atoms with Crippen molar-refractivity contribution in [2.75, 3.05) is 20.3 Å². The molecule has 1 atom stereocenters. The maximum Gasteiger partial charge on any atom is 0.170 e. The van der Waals surface area contributed by atoms with E-state index in [9.17, 15) is 9.90 Å². The Morgan fingerprint density at radius 2 is 2.15 bits per heavy atom. The lowest BCUT2D eigenvalue weighted by Crippen LogP contribution is -2.35. The Kier molecular flexibility index (Phi) is 4.30. The fraction of sp³-hybridized carbons (Fsp3) is 0.533. The van der Waals surface area contributed by atoms with Gasteiger partial charge in [0.25, 0.3) is 0 Å². The van der Waals surface area contributed by atoms with Crippen molar-refractivity contribution in [1.29, 1.82) is 0 Å². The van der Waals surface area contributed by atoms with Gasteiger partial charge in [-0.05, 0) is 26.0 Å². The SMILES string of the molecule is COCC(O)COc1ccc2c(c1)OC(C)(C)CC2=O. The molecule has 20 heavy (non-hydrogen) atoms. The van der Waals surface area contributed by atoms with E-state index in [1.807, 2.05) is 13.8 Å². The van der Waals surface area contributed by atoms with Gasteiger partial charge in [0.2, 0.25) is 0 Å². The molecule has 1 aliphatic rings. The highest BCUT2D eigenvalue weighted by molar-refractivity contribution is 6.00. The van der Waals surface area contributed by atoms with Crippen LogP contribution in [0.25, 0.3) is 0 Å². The minimum Gasteiger partial charge on any atom is -0.491 e. The molecule has 0 radical (unpaired) electrons. The maximum atomic E-state index is 12.0. The summed E-state index contributed by atoms with van der Waals surface area (Å²) in [6.45, 7) is 4.10. The predicted molar refractivity (Wildman–Crippen MR) is 73.5 cm³/mol. The normalized spacial score (nSPS) is 18.1. The summed E-state index contributed by atoms with van der Waals surface area (Å²) in [5.41, 5.74) is 0.0762. The Morgan fingerprint density at radius 3 is 2.85 bits per heavy atom. The molecule has 0 bridgehead atoms. The number of aliphatic hydroxyl groups excluding tert-OH is 1. The van der Waals surface area contributed by atoms with E-state index in [1.165, 1.54) is 7.11 Å². The summed E-state index contributed by atoms with van der Waals surface area (Å²) < 4.78 is 16.1. The molecule has 1 unspecified atom stereocenters. The first-order valence-electron chi connectivity index (χ1n) is 6.57. The lowest BCUT2D eigenvalue weighted by atomic mass is 9.93. The van der Waals surface area contributed by atoms with Crippen molar-refractivity contribution in [2.45, 2.75) is 32.0 Å². The Bertz CT molecular complexity index is 495. The Balaban J connectivity index is 2.09. The minimum atomic E-state index is -0.685. The number of carbonyl (C=O) groups is 1. The smallest absolute Gasteiger partial charge is 0.170 e. The highest BCUT2D eigenvalue weighted by atomic mass is 16.5. The summed E-state index contributed by atoms with van der Waals surface area (Å²) in [6, 6.07) is 5.09. The molecule has 110 valence electrons. The lowest BCUT2D eigenvalue weighted by Gasteiger charge is -2.31. The zero-order chi connectivity index (χ0) is 14.8. The molecule has 5 heteroatoms. The molecule has 5 nitrogen and oxygen atoms in total. The van der Waals surface area contributed by atoms with Crippen LogP contribution in [0.4, 0.5) is 0 Å². The van der Waals surface area contributed by atoms with Crippen molar-refractivity contribution in [2.24, 2.45) is 0 Å². The molecule has 1 aromatic carbocycles. The third kappa shape index (κ3) is 3.49. The highest BCUT2D eigenvalue weighted by Gasteiger charge is 2.32. The van der Waals surface area contributed by atoms with Crippen LogP contribution in [0.3, 0.4) is 0 Å². The summed E-state index contributed by atoms with van der Waals surface area (Å²) in [7, 11) is 1.52. The summed E-state index contributed by atoms with van der Waals surface area (Å²) in [5.74, 6) is 1.16.